The maximum Gasteiger partial charge on any atom is 0.193 e. The summed E-state index contributed by atoms with van der Waals surface area (Å²) in [5.41, 5.74) is 0. The first kappa shape index (κ1) is 19.9. The molecule has 1 heterocycles. The molecule has 0 saturated carbocycles. The molecule has 0 aromatic heterocycles. The Morgan fingerprint density at radius 3 is 2.60 bits per heavy atom. The summed E-state index contributed by atoms with van der Waals surface area (Å²) in [7, 11) is 6.09. The summed E-state index contributed by atoms with van der Waals surface area (Å²) in [6, 6.07) is 0.581. The molecule has 0 aliphatic carbocycles. The van der Waals surface area contributed by atoms with Crippen LogP contribution in [0, 0.1) is 5.92 Å². The molecule has 6 heteroatoms. The molecule has 1 saturated heterocycles. The summed E-state index contributed by atoms with van der Waals surface area (Å²) >= 11 is 0. The fourth-order valence-corrected chi connectivity index (χ4v) is 2.19. The zero-order valence-electron chi connectivity index (χ0n) is 13.6. The van der Waals surface area contributed by atoms with Crippen molar-refractivity contribution in [2.75, 3.05) is 54.0 Å². The summed E-state index contributed by atoms with van der Waals surface area (Å²) < 4.78 is 5.42. The predicted octanol–water partition coefficient (Wildman–Crippen LogP) is 1.49. The van der Waals surface area contributed by atoms with Crippen molar-refractivity contribution in [1.82, 2.24) is 15.1 Å². The molecule has 1 unspecified atom stereocenters. The lowest BCUT2D eigenvalue weighted by Crippen LogP contribution is -2.44. The van der Waals surface area contributed by atoms with Gasteiger partial charge in [0.1, 0.15) is 0 Å². The predicted molar refractivity (Wildman–Crippen MR) is 96.1 cm³/mol. The van der Waals surface area contributed by atoms with Gasteiger partial charge in [-0.3, -0.25) is 4.99 Å². The maximum absolute atomic E-state index is 5.42. The summed E-state index contributed by atoms with van der Waals surface area (Å²) in [6.07, 6.45) is 1.16. The molecule has 1 aliphatic rings. The average molecular weight is 398 g/mol. The van der Waals surface area contributed by atoms with Crippen LogP contribution in [0.25, 0.3) is 0 Å². The van der Waals surface area contributed by atoms with Gasteiger partial charge in [-0.1, -0.05) is 0 Å². The number of rotatable bonds is 6. The third kappa shape index (κ3) is 7.08. The lowest BCUT2D eigenvalue weighted by Gasteiger charge is -2.26. The topological polar surface area (TPSA) is 40.1 Å². The van der Waals surface area contributed by atoms with E-state index in [9.17, 15) is 0 Å². The van der Waals surface area contributed by atoms with Gasteiger partial charge in [-0.25, -0.2) is 0 Å². The van der Waals surface area contributed by atoms with E-state index in [1.54, 1.807) is 0 Å². The zero-order chi connectivity index (χ0) is 14.3. The van der Waals surface area contributed by atoms with Crippen molar-refractivity contribution < 1.29 is 4.74 Å². The van der Waals surface area contributed by atoms with Crippen molar-refractivity contribution in [3.05, 3.63) is 0 Å². The van der Waals surface area contributed by atoms with E-state index in [-0.39, 0.29) is 24.0 Å². The Balaban J connectivity index is 0.00000361. The second kappa shape index (κ2) is 10.6. The number of aliphatic imine (C=N–C) groups is 1. The lowest BCUT2D eigenvalue weighted by molar-refractivity contribution is 0.181. The molecule has 20 heavy (non-hydrogen) atoms. The Morgan fingerprint density at radius 2 is 2.10 bits per heavy atom. The van der Waals surface area contributed by atoms with Crippen LogP contribution >= 0.6 is 24.0 Å². The molecule has 1 aliphatic heterocycles. The van der Waals surface area contributed by atoms with Crippen LogP contribution in [0.15, 0.2) is 4.99 Å². The quantitative estimate of drug-likeness (QED) is 0.418. The van der Waals surface area contributed by atoms with Crippen molar-refractivity contribution in [2.45, 2.75) is 26.3 Å². The highest BCUT2D eigenvalue weighted by Gasteiger charge is 2.18. The van der Waals surface area contributed by atoms with Crippen molar-refractivity contribution in [2.24, 2.45) is 10.9 Å². The number of nitrogens with one attached hydrogen (secondary N) is 1. The molecule has 1 fully saturated rings. The molecule has 0 radical (unpaired) electrons. The second-order valence-electron chi connectivity index (χ2n) is 5.66. The minimum atomic E-state index is 0. The first-order valence-corrected chi connectivity index (χ1v) is 7.24. The van der Waals surface area contributed by atoms with Crippen molar-refractivity contribution in [3.8, 4) is 0 Å². The Kier molecular flexibility index (Phi) is 10.6. The van der Waals surface area contributed by atoms with Gasteiger partial charge in [-0.2, -0.15) is 0 Å². The summed E-state index contributed by atoms with van der Waals surface area (Å²) in [5.74, 6) is 1.62. The fourth-order valence-electron chi connectivity index (χ4n) is 2.19. The second-order valence-corrected chi connectivity index (χ2v) is 5.66. The zero-order valence-corrected chi connectivity index (χ0v) is 15.9. The van der Waals surface area contributed by atoms with Crippen LogP contribution in [0.4, 0.5) is 0 Å². The largest absolute Gasteiger partial charge is 0.381 e. The van der Waals surface area contributed by atoms with E-state index >= 15 is 0 Å². The molecule has 5 nitrogen and oxygen atoms in total. The van der Waals surface area contributed by atoms with Crippen molar-refractivity contribution in [3.63, 3.8) is 0 Å². The molecule has 0 aromatic carbocycles. The van der Waals surface area contributed by atoms with Gasteiger partial charge in [0.15, 0.2) is 5.96 Å². The number of likely N-dealkylation sites (N-methyl/N-ethyl adjacent to an activating group) is 1. The highest BCUT2D eigenvalue weighted by molar-refractivity contribution is 14.0. The van der Waals surface area contributed by atoms with Gasteiger partial charge in [0.25, 0.3) is 0 Å². The number of hydrogen-bond acceptors (Lipinski definition) is 3. The molecule has 1 rings (SSSR count). The van der Waals surface area contributed by atoms with E-state index in [2.05, 4.69) is 48.1 Å². The molecule has 0 aromatic rings. The summed E-state index contributed by atoms with van der Waals surface area (Å²) in [5, 5.41) is 3.42. The lowest BCUT2D eigenvalue weighted by atomic mass is 10.1. The Bertz CT molecular complexity index is 280. The van der Waals surface area contributed by atoms with Gasteiger partial charge in [0, 0.05) is 52.3 Å². The number of hydrogen-bond donors (Lipinski definition) is 1. The van der Waals surface area contributed by atoms with Gasteiger partial charge in [-0.05, 0) is 27.3 Å². The van der Waals surface area contributed by atoms with Crippen LogP contribution < -0.4 is 5.32 Å². The van der Waals surface area contributed by atoms with Crippen LogP contribution in [0.5, 0.6) is 0 Å². The van der Waals surface area contributed by atoms with E-state index in [1.807, 2.05) is 7.05 Å². The molecule has 1 N–H and O–H groups in total. The van der Waals surface area contributed by atoms with E-state index < -0.39 is 0 Å². The smallest absolute Gasteiger partial charge is 0.193 e. The Labute approximate surface area is 141 Å². The maximum atomic E-state index is 5.42. The van der Waals surface area contributed by atoms with Crippen molar-refractivity contribution >= 4 is 29.9 Å². The van der Waals surface area contributed by atoms with E-state index in [0.717, 1.165) is 45.2 Å². The molecular weight excluding hydrogens is 367 g/mol. The number of ether oxygens (including phenoxy) is 1. The minimum absolute atomic E-state index is 0. The Hall–Kier alpha value is -0.0800. The summed E-state index contributed by atoms with van der Waals surface area (Å²) in [4.78, 5) is 8.87. The molecule has 0 amide bonds. The molecular formula is C14H31IN4O. The third-order valence-corrected chi connectivity index (χ3v) is 3.76. The molecule has 1 atom stereocenters. The minimum Gasteiger partial charge on any atom is -0.381 e. The van der Waals surface area contributed by atoms with Crippen LogP contribution in [-0.2, 0) is 4.74 Å². The number of guanidine groups is 1. The van der Waals surface area contributed by atoms with Crippen LogP contribution in [0.3, 0.4) is 0 Å². The van der Waals surface area contributed by atoms with E-state index in [4.69, 9.17) is 4.74 Å². The van der Waals surface area contributed by atoms with Gasteiger partial charge in [0.05, 0.1) is 6.61 Å². The first-order valence-electron chi connectivity index (χ1n) is 7.24. The van der Waals surface area contributed by atoms with E-state index in [1.165, 1.54) is 0 Å². The Morgan fingerprint density at radius 1 is 1.40 bits per heavy atom. The number of nitrogens with zero attached hydrogens (tertiary/aromatic N) is 3. The van der Waals surface area contributed by atoms with Gasteiger partial charge < -0.3 is 19.9 Å². The number of halogens is 1. The SMILES string of the molecule is CN=C(NCCN(C)C(C)C)N(C)CC1CCOC1.I. The molecule has 120 valence electrons. The summed E-state index contributed by atoms with van der Waals surface area (Å²) in [6.45, 7) is 9.17. The van der Waals surface area contributed by atoms with Gasteiger partial charge in [0.2, 0.25) is 0 Å². The standard InChI is InChI=1S/C14H30N4O.HI/c1-12(2)17(4)8-7-16-14(15-3)18(5)10-13-6-9-19-11-13;/h12-13H,6-11H2,1-5H3,(H,15,16);1H. The van der Waals surface area contributed by atoms with Crippen LogP contribution in [0.1, 0.15) is 20.3 Å². The third-order valence-electron chi connectivity index (χ3n) is 3.76. The normalized spacial score (nSPS) is 19.4. The average Bonchev–Trinajstić information content (AvgIpc) is 2.86. The van der Waals surface area contributed by atoms with Crippen molar-refractivity contribution in [1.29, 1.82) is 0 Å². The highest BCUT2D eigenvalue weighted by Crippen LogP contribution is 2.13. The molecule has 0 bridgehead atoms. The first-order chi connectivity index (χ1) is 9.04. The fraction of sp³-hybridized carbons (Fsp3) is 0.929. The van der Waals surface area contributed by atoms with Gasteiger partial charge in [-0.15, -0.1) is 24.0 Å². The van der Waals surface area contributed by atoms with Crippen LogP contribution in [-0.4, -0.2) is 75.8 Å². The van der Waals surface area contributed by atoms with E-state index in [0.29, 0.717) is 12.0 Å². The van der Waals surface area contributed by atoms with Crippen LogP contribution in [0.2, 0.25) is 0 Å². The highest BCUT2D eigenvalue weighted by atomic mass is 127. The monoisotopic (exact) mass is 398 g/mol. The molecule has 0 spiro atoms. The van der Waals surface area contributed by atoms with Gasteiger partial charge >= 0.3 is 0 Å².